The second kappa shape index (κ2) is 8.03. The molecule has 3 rings (SSSR count). The summed E-state index contributed by atoms with van der Waals surface area (Å²) in [7, 11) is 0. The summed E-state index contributed by atoms with van der Waals surface area (Å²) in [6.07, 6.45) is 0. The molecule has 1 fully saturated rings. The van der Waals surface area contributed by atoms with Gasteiger partial charge in [-0.15, -0.1) is 0 Å². The number of nitrogens with zero attached hydrogens (tertiary/aromatic N) is 4. The van der Waals surface area contributed by atoms with Crippen LogP contribution < -0.4 is 15.5 Å². The molecule has 0 atom stereocenters. The average Bonchev–Trinajstić information content (AvgIpc) is 2.63. The molecule has 2 heterocycles. The number of rotatable bonds is 4. The number of benzene rings is 1. The van der Waals surface area contributed by atoms with E-state index >= 15 is 0 Å². The van der Waals surface area contributed by atoms with Gasteiger partial charge in [0.15, 0.2) is 0 Å². The molecular formula is C19H26N6O. The van der Waals surface area contributed by atoms with Crippen LogP contribution in [0, 0.1) is 13.8 Å². The first-order valence-electron chi connectivity index (χ1n) is 9.03. The molecule has 26 heavy (non-hydrogen) atoms. The Kier molecular flexibility index (Phi) is 5.55. The zero-order valence-electron chi connectivity index (χ0n) is 15.6. The van der Waals surface area contributed by atoms with Crippen molar-refractivity contribution in [3.63, 3.8) is 0 Å². The third-order valence-corrected chi connectivity index (χ3v) is 4.46. The Morgan fingerprint density at radius 3 is 2.54 bits per heavy atom. The van der Waals surface area contributed by atoms with Crippen LogP contribution in [0.25, 0.3) is 0 Å². The Bertz CT molecular complexity index is 770. The second-order valence-electron chi connectivity index (χ2n) is 6.41. The van der Waals surface area contributed by atoms with Gasteiger partial charge in [0.1, 0.15) is 17.5 Å². The summed E-state index contributed by atoms with van der Waals surface area (Å²) in [5, 5.41) is 6.24. The summed E-state index contributed by atoms with van der Waals surface area (Å²) < 4.78 is 0. The lowest BCUT2D eigenvalue weighted by atomic mass is 10.2. The van der Waals surface area contributed by atoms with Gasteiger partial charge in [0.2, 0.25) is 0 Å². The van der Waals surface area contributed by atoms with Crippen molar-refractivity contribution >= 4 is 23.4 Å². The topological polar surface area (TPSA) is 73.4 Å². The van der Waals surface area contributed by atoms with Gasteiger partial charge in [0.25, 0.3) is 0 Å². The number of aromatic nitrogens is 2. The van der Waals surface area contributed by atoms with Crippen LogP contribution in [-0.2, 0) is 0 Å². The number of amides is 2. The molecule has 0 spiro atoms. The maximum Gasteiger partial charge on any atom is 0.321 e. The molecular weight excluding hydrogens is 328 g/mol. The molecule has 0 bridgehead atoms. The van der Waals surface area contributed by atoms with Gasteiger partial charge in [-0.25, -0.2) is 14.8 Å². The highest BCUT2D eigenvalue weighted by Gasteiger charge is 2.22. The van der Waals surface area contributed by atoms with Crippen LogP contribution >= 0.6 is 0 Å². The minimum atomic E-state index is -0.0499. The molecule has 2 aromatic rings. The van der Waals surface area contributed by atoms with E-state index in [-0.39, 0.29) is 6.03 Å². The molecule has 1 aliphatic rings. The standard InChI is InChI=1S/C19H26N6O/c1-4-20-17-13-18(22-15(3)21-17)24-9-11-25(12-10-24)19(26)23-16-8-6-5-7-14(16)2/h5-8,13H,4,9-12H2,1-3H3,(H,23,26)(H,20,21,22). The lowest BCUT2D eigenvalue weighted by molar-refractivity contribution is 0.208. The molecule has 1 saturated heterocycles. The summed E-state index contributed by atoms with van der Waals surface area (Å²) >= 11 is 0. The first-order chi connectivity index (χ1) is 12.6. The Morgan fingerprint density at radius 2 is 1.85 bits per heavy atom. The van der Waals surface area contributed by atoms with Crippen LogP contribution in [0.15, 0.2) is 30.3 Å². The average molecular weight is 354 g/mol. The predicted molar refractivity (Wildman–Crippen MR) is 105 cm³/mol. The van der Waals surface area contributed by atoms with E-state index in [9.17, 15) is 4.79 Å². The van der Waals surface area contributed by atoms with Gasteiger partial charge in [-0.05, 0) is 32.4 Å². The molecule has 7 nitrogen and oxygen atoms in total. The third kappa shape index (κ3) is 4.22. The summed E-state index contributed by atoms with van der Waals surface area (Å²) in [6, 6.07) is 9.74. The molecule has 2 amide bonds. The second-order valence-corrected chi connectivity index (χ2v) is 6.41. The smallest absolute Gasteiger partial charge is 0.321 e. The van der Waals surface area contributed by atoms with Gasteiger partial charge in [0.05, 0.1) is 0 Å². The fourth-order valence-corrected chi connectivity index (χ4v) is 3.03. The number of carbonyl (C=O) groups excluding carboxylic acids is 1. The molecule has 1 aromatic heterocycles. The third-order valence-electron chi connectivity index (χ3n) is 4.46. The zero-order chi connectivity index (χ0) is 18.5. The van der Waals surface area contributed by atoms with E-state index < -0.39 is 0 Å². The quantitative estimate of drug-likeness (QED) is 0.883. The van der Waals surface area contributed by atoms with E-state index in [4.69, 9.17) is 0 Å². The number of aryl methyl sites for hydroxylation is 2. The van der Waals surface area contributed by atoms with Crippen molar-refractivity contribution in [1.29, 1.82) is 0 Å². The molecule has 1 aliphatic heterocycles. The first-order valence-corrected chi connectivity index (χ1v) is 9.03. The van der Waals surface area contributed by atoms with Gasteiger partial charge in [-0.2, -0.15) is 0 Å². The van der Waals surface area contributed by atoms with Crippen molar-refractivity contribution in [3.05, 3.63) is 41.7 Å². The van der Waals surface area contributed by atoms with Crippen molar-refractivity contribution in [2.75, 3.05) is 48.3 Å². The fourth-order valence-electron chi connectivity index (χ4n) is 3.03. The van der Waals surface area contributed by atoms with E-state index in [1.807, 2.05) is 56.0 Å². The van der Waals surface area contributed by atoms with Crippen LogP contribution in [0.2, 0.25) is 0 Å². The monoisotopic (exact) mass is 354 g/mol. The maximum absolute atomic E-state index is 12.5. The Labute approximate surface area is 154 Å². The highest BCUT2D eigenvalue weighted by molar-refractivity contribution is 5.90. The van der Waals surface area contributed by atoms with Crippen molar-refractivity contribution in [2.24, 2.45) is 0 Å². The number of carbonyl (C=O) groups is 1. The molecule has 138 valence electrons. The molecule has 7 heteroatoms. The lowest BCUT2D eigenvalue weighted by Crippen LogP contribution is -2.50. The summed E-state index contributed by atoms with van der Waals surface area (Å²) in [6.45, 7) is 9.59. The number of hydrogen-bond acceptors (Lipinski definition) is 5. The normalized spacial score (nSPS) is 14.3. The predicted octanol–water partition coefficient (Wildman–Crippen LogP) is 2.88. The fraction of sp³-hybridized carbons (Fsp3) is 0.421. The van der Waals surface area contributed by atoms with Gasteiger partial charge in [-0.3, -0.25) is 0 Å². The number of nitrogens with one attached hydrogen (secondary N) is 2. The van der Waals surface area contributed by atoms with Crippen molar-refractivity contribution in [2.45, 2.75) is 20.8 Å². The molecule has 0 radical (unpaired) electrons. The highest BCUT2D eigenvalue weighted by Crippen LogP contribution is 2.19. The highest BCUT2D eigenvalue weighted by atomic mass is 16.2. The van der Waals surface area contributed by atoms with Crippen LogP contribution in [0.1, 0.15) is 18.3 Å². The number of anilines is 3. The largest absolute Gasteiger partial charge is 0.370 e. The summed E-state index contributed by atoms with van der Waals surface area (Å²) in [4.78, 5) is 25.5. The summed E-state index contributed by atoms with van der Waals surface area (Å²) in [5.74, 6) is 2.50. The van der Waals surface area contributed by atoms with Crippen LogP contribution in [0.3, 0.4) is 0 Å². The van der Waals surface area contributed by atoms with Gasteiger partial charge < -0.3 is 20.4 Å². The van der Waals surface area contributed by atoms with Gasteiger partial charge in [0, 0.05) is 44.5 Å². The molecule has 0 saturated carbocycles. The molecule has 1 aromatic carbocycles. The number of hydrogen-bond donors (Lipinski definition) is 2. The maximum atomic E-state index is 12.5. The van der Waals surface area contributed by atoms with Crippen molar-refractivity contribution in [1.82, 2.24) is 14.9 Å². The molecule has 2 N–H and O–H groups in total. The van der Waals surface area contributed by atoms with E-state index in [1.54, 1.807) is 0 Å². The number of para-hydroxylation sites is 1. The minimum absolute atomic E-state index is 0.0499. The molecule has 0 unspecified atom stereocenters. The van der Waals surface area contributed by atoms with Crippen LogP contribution in [-0.4, -0.2) is 53.6 Å². The number of piperazine rings is 1. The minimum Gasteiger partial charge on any atom is -0.370 e. The molecule has 0 aliphatic carbocycles. The SMILES string of the molecule is CCNc1cc(N2CCN(C(=O)Nc3ccccc3C)CC2)nc(C)n1. The van der Waals surface area contributed by atoms with Crippen molar-refractivity contribution < 1.29 is 4.79 Å². The van der Waals surface area contributed by atoms with Gasteiger partial charge in [-0.1, -0.05) is 18.2 Å². The number of urea groups is 1. The Hall–Kier alpha value is -2.83. The lowest BCUT2D eigenvalue weighted by Gasteiger charge is -2.35. The van der Waals surface area contributed by atoms with Gasteiger partial charge >= 0.3 is 6.03 Å². The van der Waals surface area contributed by atoms with E-state index in [0.29, 0.717) is 13.1 Å². The zero-order valence-corrected chi connectivity index (χ0v) is 15.6. The Morgan fingerprint density at radius 1 is 1.12 bits per heavy atom. The van der Waals surface area contributed by atoms with E-state index in [0.717, 1.165) is 48.3 Å². The van der Waals surface area contributed by atoms with E-state index in [2.05, 4.69) is 25.5 Å². The summed E-state index contributed by atoms with van der Waals surface area (Å²) in [5.41, 5.74) is 1.92. The van der Waals surface area contributed by atoms with Crippen molar-refractivity contribution in [3.8, 4) is 0 Å². The first kappa shape index (κ1) is 18.0. The van der Waals surface area contributed by atoms with Crippen LogP contribution in [0.5, 0.6) is 0 Å². The van der Waals surface area contributed by atoms with Crippen LogP contribution in [0.4, 0.5) is 22.1 Å². The Balaban J connectivity index is 1.60. The van der Waals surface area contributed by atoms with E-state index in [1.165, 1.54) is 0 Å².